The molecule has 4 nitrogen and oxygen atoms in total. The van der Waals surface area contributed by atoms with Gasteiger partial charge in [-0.2, -0.15) is 0 Å². The van der Waals surface area contributed by atoms with Crippen molar-refractivity contribution in [3.8, 4) is 0 Å². The Labute approximate surface area is 123 Å². The third-order valence-corrected chi connectivity index (χ3v) is 2.97. The van der Waals surface area contributed by atoms with Crippen LogP contribution in [-0.2, 0) is 4.79 Å². The topological polar surface area (TPSA) is 61.4 Å². The van der Waals surface area contributed by atoms with Crippen LogP contribution in [0.3, 0.4) is 0 Å². The molecule has 1 amide bonds. The minimum absolute atomic E-state index is 0.0987. The van der Waals surface area contributed by atoms with Crippen LogP contribution in [-0.4, -0.2) is 30.1 Å². The predicted molar refractivity (Wildman–Crippen MR) is 77.6 cm³/mol. The highest BCUT2D eigenvalue weighted by atomic mass is 35.5. The second-order valence-electron chi connectivity index (χ2n) is 4.53. The fraction of sp³-hybridized carbons (Fsp3) is 0.462. The highest BCUT2D eigenvalue weighted by molar-refractivity contribution is 6.33. The van der Waals surface area contributed by atoms with Crippen LogP contribution in [0.1, 0.15) is 25.5 Å². The fourth-order valence-corrected chi connectivity index (χ4v) is 2.00. The van der Waals surface area contributed by atoms with Gasteiger partial charge in [0.25, 0.3) is 0 Å². The minimum atomic E-state index is -0.807. The fourth-order valence-electron chi connectivity index (χ4n) is 1.58. The maximum atomic E-state index is 11.4. The van der Waals surface area contributed by atoms with Gasteiger partial charge in [-0.15, -0.1) is 0 Å². The highest BCUT2D eigenvalue weighted by Crippen LogP contribution is 2.25. The number of carbonyl (C=O) groups excluding carboxylic acids is 1. The first-order valence-electron chi connectivity index (χ1n) is 6.03. The van der Waals surface area contributed by atoms with Crippen LogP contribution in [0.2, 0.25) is 10.0 Å². The van der Waals surface area contributed by atoms with Gasteiger partial charge in [-0.05, 0) is 32.0 Å². The molecule has 0 aromatic heterocycles. The Hall–Kier alpha value is -0.810. The lowest BCUT2D eigenvalue weighted by Crippen LogP contribution is -2.38. The third-order valence-electron chi connectivity index (χ3n) is 2.39. The summed E-state index contributed by atoms with van der Waals surface area (Å²) in [5, 5.41) is 16.6. The molecule has 6 heteroatoms. The molecule has 3 N–H and O–H groups in total. The van der Waals surface area contributed by atoms with Crippen LogP contribution in [0.5, 0.6) is 0 Å². The molecule has 0 bridgehead atoms. The van der Waals surface area contributed by atoms with Crippen molar-refractivity contribution in [1.29, 1.82) is 0 Å². The Balaban J connectivity index is 2.45. The van der Waals surface area contributed by atoms with E-state index in [4.69, 9.17) is 23.2 Å². The molecule has 1 atom stereocenters. The van der Waals surface area contributed by atoms with Crippen molar-refractivity contribution >= 4 is 29.1 Å². The Morgan fingerprint density at radius 1 is 1.37 bits per heavy atom. The summed E-state index contributed by atoms with van der Waals surface area (Å²) in [5.41, 5.74) is 0.547. The number of carbonyl (C=O) groups is 1. The summed E-state index contributed by atoms with van der Waals surface area (Å²) in [4.78, 5) is 11.4. The Morgan fingerprint density at radius 2 is 2.05 bits per heavy atom. The van der Waals surface area contributed by atoms with E-state index in [9.17, 15) is 9.90 Å². The van der Waals surface area contributed by atoms with Crippen LogP contribution >= 0.6 is 23.2 Å². The lowest BCUT2D eigenvalue weighted by molar-refractivity contribution is -0.120. The maximum Gasteiger partial charge on any atom is 0.234 e. The van der Waals surface area contributed by atoms with E-state index in [1.54, 1.807) is 18.2 Å². The van der Waals surface area contributed by atoms with E-state index in [2.05, 4.69) is 10.6 Å². The molecule has 1 aromatic rings. The number of aliphatic hydroxyl groups is 1. The molecule has 0 radical (unpaired) electrons. The van der Waals surface area contributed by atoms with Gasteiger partial charge in [0.15, 0.2) is 0 Å². The van der Waals surface area contributed by atoms with Gasteiger partial charge in [-0.1, -0.05) is 23.2 Å². The minimum Gasteiger partial charge on any atom is -0.387 e. The van der Waals surface area contributed by atoms with Gasteiger partial charge < -0.3 is 15.7 Å². The van der Waals surface area contributed by atoms with Gasteiger partial charge in [0, 0.05) is 28.2 Å². The van der Waals surface area contributed by atoms with E-state index in [0.717, 1.165) is 0 Å². The van der Waals surface area contributed by atoms with E-state index < -0.39 is 6.10 Å². The van der Waals surface area contributed by atoms with Crippen LogP contribution in [0.15, 0.2) is 18.2 Å². The van der Waals surface area contributed by atoms with Gasteiger partial charge in [-0.25, -0.2) is 0 Å². The standard InChI is InChI=1S/C13H18Cl2N2O2/c1-8(2)17-13(19)7-16-6-12(18)10-5-9(14)3-4-11(10)15/h3-5,8,12,16,18H,6-7H2,1-2H3,(H,17,19). The van der Waals surface area contributed by atoms with E-state index in [-0.39, 0.29) is 25.0 Å². The Morgan fingerprint density at radius 3 is 2.68 bits per heavy atom. The van der Waals surface area contributed by atoms with Crippen molar-refractivity contribution in [3.63, 3.8) is 0 Å². The Bertz CT molecular complexity index is 439. The van der Waals surface area contributed by atoms with Gasteiger partial charge >= 0.3 is 0 Å². The molecule has 0 spiro atoms. The summed E-state index contributed by atoms with van der Waals surface area (Å²) in [7, 11) is 0. The molecule has 0 saturated carbocycles. The van der Waals surface area contributed by atoms with E-state index >= 15 is 0 Å². The third kappa shape index (κ3) is 5.78. The van der Waals surface area contributed by atoms with Crippen molar-refractivity contribution in [2.24, 2.45) is 0 Å². The van der Waals surface area contributed by atoms with E-state index in [1.165, 1.54) is 0 Å². The Kier molecular flexibility index (Phi) is 6.58. The zero-order chi connectivity index (χ0) is 14.4. The summed E-state index contributed by atoms with van der Waals surface area (Å²) in [5.74, 6) is -0.112. The normalized spacial score (nSPS) is 12.5. The lowest BCUT2D eigenvalue weighted by Gasteiger charge is -2.14. The van der Waals surface area contributed by atoms with Gasteiger partial charge in [0.1, 0.15) is 0 Å². The molecule has 0 aliphatic rings. The van der Waals surface area contributed by atoms with Crippen LogP contribution in [0, 0.1) is 0 Å². The first-order chi connectivity index (χ1) is 8.90. The lowest BCUT2D eigenvalue weighted by atomic mass is 10.1. The summed E-state index contributed by atoms with van der Waals surface area (Å²) >= 11 is 11.8. The SMILES string of the molecule is CC(C)NC(=O)CNCC(O)c1cc(Cl)ccc1Cl. The second kappa shape index (κ2) is 7.70. The van der Waals surface area contributed by atoms with Gasteiger partial charge in [0.05, 0.1) is 12.6 Å². The average molecular weight is 305 g/mol. The molecule has 0 fully saturated rings. The largest absolute Gasteiger partial charge is 0.387 e. The molecule has 19 heavy (non-hydrogen) atoms. The number of aliphatic hydroxyl groups excluding tert-OH is 1. The molecule has 106 valence electrons. The molecule has 1 rings (SSSR count). The number of rotatable bonds is 6. The summed E-state index contributed by atoms with van der Waals surface area (Å²) in [6.07, 6.45) is -0.807. The molecule has 0 aliphatic heterocycles. The molecule has 0 saturated heterocycles. The number of nitrogens with one attached hydrogen (secondary N) is 2. The highest BCUT2D eigenvalue weighted by Gasteiger charge is 2.12. The summed E-state index contributed by atoms with van der Waals surface area (Å²) < 4.78 is 0. The van der Waals surface area contributed by atoms with Crippen molar-refractivity contribution in [2.75, 3.05) is 13.1 Å². The molecule has 1 aromatic carbocycles. The predicted octanol–water partition coefficient (Wildman–Crippen LogP) is 2.14. The van der Waals surface area contributed by atoms with Gasteiger partial charge in [-0.3, -0.25) is 4.79 Å². The molecular formula is C13H18Cl2N2O2. The van der Waals surface area contributed by atoms with Crippen LogP contribution in [0.4, 0.5) is 0 Å². The van der Waals surface area contributed by atoms with Crippen molar-refractivity contribution in [1.82, 2.24) is 10.6 Å². The summed E-state index contributed by atoms with van der Waals surface area (Å²) in [6, 6.07) is 5.00. The molecule has 0 aliphatic carbocycles. The molecule has 1 unspecified atom stereocenters. The molecular weight excluding hydrogens is 287 g/mol. The first kappa shape index (κ1) is 16.2. The van der Waals surface area contributed by atoms with E-state index in [1.807, 2.05) is 13.8 Å². The molecule has 0 heterocycles. The number of amides is 1. The number of hydrogen-bond donors (Lipinski definition) is 3. The monoisotopic (exact) mass is 304 g/mol. The zero-order valence-corrected chi connectivity index (χ0v) is 12.4. The van der Waals surface area contributed by atoms with Crippen LogP contribution in [0.25, 0.3) is 0 Å². The maximum absolute atomic E-state index is 11.4. The van der Waals surface area contributed by atoms with E-state index in [0.29, 0.717) is 15.6 Å². The van der Waals surface area contributed by atoms with Crippen molar-refractivity contribution < 1.29 is 9.90 Å². The van der Waals surface area contributed by atoms with Crippen molar-refractivity contribution in [2.45, 2.75) is 26.0 Å². The average Bonchev–Trinajstić information content (AvgIpc) is 2.31. The summed E-state index contributed by atoms with van der Waals surface area (Å²) in [6.45, 7) is 4.15. The second-order valence-corrected chi connectivity index (χ2v) is 5.38. The smallest absolute Gasteiger partial charge is 0.234 e. The van der Waals surface area contributed by atoms with Crippen LogP contribution < -0.4 is 10.6 Å². The quantitative estimate of drug-likeness (QED) is 0.754. The number of halogens is 2. The number of hydrogen-bond acceptors (Lipinski definition) is 3. The van der Waals surface area contributed by atoms with Crippen molar-refractivity contribution in [3.05, 3.63) is 33.8 Å². The number of benzene rings is 1. The zero-order valence-electron chi connectivity index (χ0n) is 10.9. The van der Waals surface area contributed by atoms with Gasteiger partial charge in [0.2, 0.25) is 5.91 Å². The first-order valence-corrected chi connectivity index (χ1v) is 6.79.